The van der Waals surface area contributed by atoms with Gasteiger partial charge in [-0.15, -0.1) is 0 Å². The second kappa shape index (κ2) is 9.50. The van der Waals surface area contributed by atoms with Gasteiger partial charge in [0.25, 0.3) is 0 Å². The third-order valence-corrected chi connectivity index (χ3v) is 3.66. The number of carbonyl (C=O) groups is 1. The Kier molecular flexibility index (Phi) is 7.08. The van der Waals surface area contributed by atoms with Gasteiger partial charge >= 0.3 is 5.97 Å². The van der Waals surface area contributed by atoms with Gasteiger partial charge in [0.2, 0.25) is 5.75 Å². The summed E-state index contributed by atoms with van der Waals surface area (Å²) in [7, 11) is 3.19. The number of hydrogen-bond donors (Lipinski definition) is 2. The number of nitrogens with zero attached hydrogens (tertiary/aromatic N) is 1. The molecule has 0 aliphatic heterocycles. The number of ether oxygens (including phenoxy) is 3. The summed E-state index contributed by atoms with van der Waals surface area (Å²) in [5.74, 6) is 1.32. The van der Waals surface area contributed by atoms with Crippen molar-refractivity contribution in [3.05, 3.63) is 41.6 Å². The monoisotopic (exact) mass is 360 g/mol. The molecule has 7 nitrogen and oxygen atoms in total. The SMILES string of the molecule is CCCOc1c(OC)cc(CCNc2cccc(C(=O)O)n2)cc1OC. The lowest BCUT2D eigenvalue weighted by Gasteiger charge is -2.16. The molecule has 0 saturated heterocycles. The average molecular weight is 360 g/mol. The highest BCUT2D eigenvalue weighted by Crippen LogP contribution is 2.38. The van der Waals surface area contributed by atoms with Gasteiger partial charge in [0.15, 0.2) is 17.2 Å². The molecule has 0 bridgehead atoms. The first-order chi connectivity index (χ1) is 12.6. The van der Waals surface area contributed by atoms with Gasteiger partial charge in [-0.1, -0.05) is 13.0 Å². The first kappa shape index (κ1) is 19.4. The van der Waals surface area contributed by atoms with Crippen LogP contribution in [0.3, 0.4) is 0 Å². The zero-order chi connectivity index (χ0) is 18.9. The third-order valence-electron chi connectivity index (χ3n) is 3.66. The van der Waals surface area contributed by atoms with E-state index in [2.05, 4.69) is 10.3 Å². The number of carboxylic acids is 1. The fourth-order valence-corrected chi connectivity index (χ4v) is 2.41. The van der Waals surface area contributed by atoms with Gasteiger partial charge in [-0.25, -0.2) is 9.78 Å². The van der Waals surface area contributed by atoms with Crippen LogP contribution in [0.15, 0.2) is 30.3 Å². The van der Waals surface area contributed by atoms with E-state index in [0.717, 1.165) is 12.0 Å². The Hall–Kier alpha value is -2.96. The topological polar surface area (TPSA) is 89.9 Å². The minimum atomic E-state index is -1.05. The van der Waals surface area contributed by atoms with E-state index in [1.165, 1.54) is 6.07 Å². The van der Waals surface area contributed by atoms with Crippen molar-refractivity contribution in [3.63, 3.8) is 0 Å². The van der Waals surface area contributed by atoms with Gasteiger partial charge in [-0.3, -0.25) is 0 Å². The van der Waals surface area contributed by atoms with Gasteiger partial charge < -0.3 is 24.6 Å². The second-order valence-electron chi connectivity index (χ2n) is 5.57. The first-order valence-electron chi connectivity index (χ1n) is 8.41. The predicted molar refractivity (Wildman–Crippen MR) is 98.7 cm³/mol. The Labute approximate surface area is 152 Å². The average Bonchev–Trinajstić information content (AvgIpc) is 2.66. The molecule has 7 heteroatoms. The number of methoxy groups -OCH3 is 2. The van der Waals surface area contributed by atoms with Crippen LogP contribution in [0.1, 0.15) is 29.4 Å². The Balaban J connectivity index is 2.07. The van der Waals surface area contributed by atoms with E-state index in [0.29, 0.717) is 42.6 Å². The summed E-state index contributed by atoms with van der Waals surface area (Å²) in [5.41, 5.74) is 1.01. The summed E-state index contributed by atoms with van der Waals surface area (Å²) in [6, 6.07) is 8.67. The Morgan fingerprint density at radius 1 is 1.19 bits per heavy atom. The van der Waals surface area contributed by atoms with Crippen LogP contribution in [0.2, 0.25) is 0 Å². The van der Waals surface area contributed by atoms with Gasteiger partial charge in [0, 0.05) is 6.54 Å². The summed E-state index contributed by atoms with van der Waals surface area (Å²) >= 11 is 0. The van der Waals surface area contributed by atoms with Crippen molar-refractivity contribution in [2.24, 2.45) is 0 Å². The lowest BCUT2D eigenvalue weighted by Crippen LogP contribution is -2.09. The quantitative estimate of drug-likeness (QED) is 0.672. The maximum atomic E-state index is 11.0. The summed E-state index contributed by atoms with van der Waals surface area (Å²) in [6.45, 7) is 3.20. The summed E-state index contributed by atoms with van der Waals surface area (Å²) in [5, 5.41) is 12.1. The molecule has 26 heavy (non-hydrogen) atoms. The van der Waals surface area contributed by atoms with E-state index in [-0.39, 0.29) is 5.69 Å². The number of hydrogen-bond acceptors (Lipinski definition) is 6. The Bertz CT molecular complexity index is 723. The molecule has 1 heterocycles. The molecule has 2 aromatic rings. The third kappa shape index (κ3) is 5.02. The van der Waals surface area contributed by atoms with Crippen LogP contribution >= 0.6 is 0 Å². The van der Waals surface area contributed by atoms with Crippen molar-refractivity contribution >= 4 is 11.8 Å². The van der Waals surface area contributed by atoms with E-state index < -0.39 is 5.97 Å². The van der Waals surface area contributed by atoms with Crippen molar-refractivity contribution in [3.8, 4) is 17.2 Å². The van der Waals surface area contributed by atoms with E-state index >= 15 is 0 Å². The lowest BCUT2D eigenvalue weighted by atomic mass is 10.1. The lowest BCUT2D eigenvalue weighted by molar-refractivity contribution is 0.0690. The van der Waals surface area contributed by atoms with Crippen molar-refractivity contribution < 1.29 is 24.1 Å². The summed E-state index contributed by atoms with van der Waals surface area (Å²) in [6.07, 6.45) is 1.57. The molecule has 1 aromatic heterocycles. The molecule has 2 N–H and O–H groups in total. The number of carboxylic acid groups (broad SMARTS) is 1. The maximum absolute atomic E-state index is 11.0. The Morgan fingerprint density at radius 3 is 2.46 bits per heavy atom. The van der Waals surface area contributed by atoms with Gasteiger partial charge in [-0.2, -0.15) is 0 Å². The highest BCUT2D eigenvalue weighted by molar-refractivity contribution is 5.85. The minimum absolute atomic E-state index is 0.00997. The van der Waals surface area contributed by atoms with Crippen molar-refractivity contribution in [1.29, 1.82) is 0 Å². The first-order valence-corrected chi connectivity index (χ1v) is 8.41. The number of pyridine rings is 1. The fourth-order valence-electron chi connectivity index (χ4n) is 2.41. The van der Waals surface area contributed by atoms with Crippen LogP contribution in [0, 0.1) is 0 Å². The van der Waals surface area contributed by atoms with Crippen molar-refractivity contribution in [2.75, 3.05) is 32.7 Å². The molecule has 0 unspecified atom stereocenters. The van der Waals surface area contributed by atoms with Crippen LogP contribution in [0.4, 0.5) is 5.82 Å². The van der Waals surface area contributed by atoms with Crippen LogP contribution < -0.4 is 19.5 Å². The molecule has 0 radical (unpaired) electrons. The van der Waals surface area contributed by atoms with Crippen LogP contribution in [0.5, 0.6) is 17.2 Å². The van der Waals surface area contributed by atoms with Crippen molar-refractivity contribution in [2.45, 2.75) is 19.8 Å². The normalized spacial score (nSPS) is 10.3. The maximum Gasteiger partial charge on any atom is 0.354 e. The molecule has 0 spiro atoms. The number of anilines is 1. The molecule has 0 fully saturated rings. The molecule has 0 amide bonds. The number of nitrogens with one attached hydrogen (secondary N) is 1. The standard InChI is InChI=1S/C19H24N2O5/c1-4-10-26-18-15(24-2)11-13(12-16(18)25-3)8-9-20-17-7-5-6-14(21-17)19(22)23/h5-7,11-12H,4,8-10H2,1-3H3,(H,20,21)(H,22,23). The summed E-state index contributed by atoms with van der Waals surface area (Å²) in [4.78, 5) is 15.0. The fraction of sp³-hybridized carbons (Fsp3) is 0.368. The Morgan fingerprint density at radius 2 is 1.88 bits per heavy atom. The van der Waals surface area contributed by atoms with Crippen LogP contribution in [0.25, 0.3) is 0 Å². The molecule has 1 aromatic carbocycles. The number of rotatable bonds is 10. The molecule has 0 aliphatic carbocycles. The van der Waals surface area contributed by atoms with Crippen LogP contribution in [-0.2, 0) is 6.42 Å². The number of aromatic carboxylic acids is 1. The number of benzene rings is 1. The molecule has 140 valence electrons. The highest BCUT2D eigenvalue weighted by Gasteiger charge is 2.14. The molecule has 0 saturated carbocycles. The molecule has 0 atom stereocenters. The van der Waals surface area contributed by atoms with E-state index in [1.807, 2.05) is 19.1 Å². The molecule has 0 aliphatic rings. The molecule has 2 rings (SSSR count). The van der Waals surface area contributed by atoms with Crippen molar-refractivity contribution in [1.82, 2.24) is 4.98 Å². The van der Waals surface area contributed by atoms with Gasteiger partial charge in [-0.05, 0) is 42.7 Å². The van der Waals surface area contributed by atoms with E-state index in [1.54, 1.807) is 26.4 Å². The second-order valence-corrected chi connectivity index (χ2v) is 5.57. The summed E-state index contributed by atoms with van der Waals surface area (Å²) < 4.78 is 16.6. The largest absolute Gasteiger partial charge is 0.493 e. The minimum Gasteiger partial charge on any atom is -0.493 e. The smallest absolute Gasteiger partial charge is 0.354 e. The van der Waals surface area contributed by atoms with E-state index in [9.17, 15) is 4.79 Å². The predicted octanol–water partition coefficient (Wildman–Crippen LogP) is 3.24. The van der Waals surface area contributed by atoms with Gasteiger partial charge in [0.05, 0.1) is 20.8 Å². The zero-order valence-corrected chi connectivity index (χ0v) is 15.2. The zero-order valence-electron chi connectivity index (χ0n) is 15.2. The highest BCUT2D eigenvalue weighted by atomic mass is 16.5. The van der Waals surface area contributed by atoms with Gasteiger partial charge in [0.1, 0.15) is 5.82 Å². The molecular weight excluding hydrogens is 336 g/mol. The van der Waals surface area contributed by atoms with Crippen LogP contribution in [-0.4, -0.2) is 43.4 Å². The molecular formula is C19H24N2O5. The van der Waals surface area contributed by atoms with E-state index in [4.69, 9.17) is 19.3 Å². The number of aromatic nitrogens is 1.